The second kappa shape index (κ2) is 7.38. The number of benzene rings is 2. The van der Waals surface area contributed by atoms with Crippen LogP contribution in [0.5, 0.6) is 5.75 Å². The van der Waals surface area contributed by atoms with E-state index in [0.29, 0.717) is 11.3 Å². The molecule has 0 bridgehead atoms. The number of methoxy groups -OCH3 is 1. The van der Waals surface area contributed by atoms with E-state index in [-0.39, 0.29) is 23.4 Å². The van der Waals surface area contributed by atoms with Gasteiger partial charge in [-0.3, -0.25) is 14.3 Å². The molecular weight excluding hydrogens is 373 g/mol. The van der Waals surface area contributed by atoms with Gasteiger partial charge in [0.1, 0.15) is 5.75 Å². The highest BCUT2D eigenvalue weighted by Crippen LogP contribution is 2.32. The third-order valence-electron chi connectivity index (χ3n) is 4.47. The molecule has 0 radical (unpaired) electrons. The molecular formula is C20H17F3N2O3. The molecule has 2 aromatic carbocycles. The molecule has 0 saturated carbocycles. The fraction of sp³-hybridized carbons (Fsp3) is 0.200. The first-order valence-electron chi connectivity index (χ1n) is 8.35. The van der Waals surface area contributed by atoms with Gasteiger partial charge in [-0.1, -0.05) is 30.3 Å². The van der Waals surface area contributed by atoms with Gasteiger partial charge < -0.3 is 4.74 Å². The minimum absolute atomic E-state index is 0.0659. The number of rotatable bonds is 4. The van der Waals surface area contributed by atoms with Crippen molar-refractivity contribution in [1.29, 1.82) is 0 Å². The molecule has 0 amide bonds. The van der Waals surface area contributed by atoms with E-state index in [9.17, 15) is 22.8 Å². The topological polar surface area (TPSA) is 64.1 Å². The highest BCUT2D eigenvalue weighted by atomic mass is 19.4. The lowest BCUT2D eigenvalue weighted by Crippen LogP contribution is -2.33. The number of H-pyrrole nitrogens is 1. The van der Waals surface area contributed by atoms with E-state index in [4.69, 9.17) is 4.74 Å². The van der Waals surface area contributed by atoms with Crippen molar-refractivity contribution in [2.24, 2.45) is 0 Å². The van der Waals surface area contributed by atoms with Crippen molar-refractivity contribution in [2.75, 3.05) is 7.11 Å². The summed E-state index contributed by atoms with van der Waals surface area (Å²) in [6.45, 7) is 1.20. The summed E-state index contributed by atoms with van der Waals surface area (Å²) in [7, 11) is 1.48. The number of nitrogens with one attached hydrogen (secondary N) is 1. The number of hydrogen-bond acceptors (Lipinski definition) is 3. The smallest absolute Gasteiger partial charge is 0.416 e. The molecule has 1 aromatic heterocycles. The molecule has 0 atom stereocenters. The molecule has 0 aliphatic heterocycles. The Bertz CT molecular complexity index is 1130. The van der Waals surface area contributed by atoms with Gasteiger partial charge in [-0.15, -0.1) is 0 Å². The summed E-state index contributed by atoms with van der Waals surface area (Å²) in [6.07, 6.45) is -4.55. The second-order valence-electron chi connectivity index (χ2n) is 6.19. The van der Waals surface area contributed by atoms with Gasteiger partial charge in [-0.05, 0) is 36.2 Å². The van der Waals surface area contributed by atoms with E-state index in [1.165, 1.54) is 32.2 Å². The molecule has 0 aliphatic rings. The van der Waals surface area contributed by atoms with Crippen LogP contribution < -0.4 is 16.0 Å². The van der Waals surface area contributed by atoms with Gasteiger partial charge in [0.15, 0.2) is 0 Å². The molecule has 8 heteroatoms. The van der Waals surface area contributed by atoms with E-state index < -0.39 is 23.0 Å². The average molecular weight is 390 g/mol. The first-order valence-corrected chi connectivity index (χ1v) is 8.35. The fourth-order valence-corrected chi connectivity index (χ4v) is 3.09. The van der Waals surface area contributed by atoms with Crippen molar-refractivity contribution in [3.63, 3.8) is 0 Å². The lowest BCUT2D eigenvalue weighted by Gasteiger charge is -2.17. The lowest BCUT2D eigenvalue weighted by molar-refractivity contribution is -0.138. The predicted molar refractivity (Wildman–Crippen MR) is 98.6 cm³/mol. The standard InChI is InChI=1S/C20H17F3N2O3/c1-12-17(13-7-5-8-15(10-13)28-2)18(26)24-19(27)25(12)11-14-6-3-4-9-16(14)20(21,22)23/h3-10H,11H2,1-2H3,(H,24,26,27). The Morgan fingerprint density at radius 2 is 1.79 bits per heavy atom. The Morgan fingerprint density at radius 1 is 1.07 bits per heavy atom. The molecule has 0 fully saturated rings. The highest BCUT2D eigenvalue weighted by Gasteiger charge is 2.33. The number of nitrogens with zero attached hydrogens (tertiary/aromatic N) is 1. The average Bonchev–Trinajstić information content (AvgIpc) is 2.64. The van der Waals surface area contributed by atoms with Crippen molar-refractivity contribution in [1.82, 2.24) is 9.55 Å². The van der Waals surface area contributed by atoms with E-state index in [2.05, 4.69) is 4.98 Å². The third-order valence-corrected chi connectivity index (χ3v) is 4.47. The summed E-state index contributed by atoms with van der Waals surface area (Å²) in [6, 6.07) is 11.7. The predicted octanol–water partition coefficient (Wildman–Crippen LogP) is 3.59. The van der Waals surface area contributed by atoms with Gasteiger partial charge in [0, 0.05) is 5.69 Å². The van der Waals surface area contributed by atoms with E-state index >= 15 is 0 Å². The molecule has 1 heterocycles. The Balaban J connectivity index is 2.17. The number of hydrogen-bond donors (Lipinski definition) is 1. The van der Waals surface area contributed by atoms with E-state index in [1.54, 1.807) is 24.3 Å². The first kappa shape index (κ1) is 19.5. The number of halogens is 3. The molecule has 0 spiro atoms. The summed E-state index contributed by atoms with van der Waals surface area (Å²) < 4.78 is 46.1. The Kier molecular flexibility index (Phi) is 5.13. The normalized spacial score (nSPS) is 11.5. The van der Waals surface area contributed by atoms with Crippen molar-refractivity contribution >= 4 is 0 Å². The van der Waals surface area contributed by atoms with Gasteiger partial charge in [-0.25, -0.2) is 4.79 Å². The third kappa shape index (κ3) is 3.71. The lowest BCUT2D eigenvalue weighted by atomic mass is 10.0. The van der Waals surface area contributed by atoms with Crippen LogP contribution in [0.2, 0.25) is 0 Å². The number of ether oxygens (including phenoxy) is 1. The Labute approximate surface area is 158 Å². The van der Waals surface area contributed by atoms with E-state index in [1.807, 2.05) is 0 Å². The molecule has 3 rings (SSSR count). The van der Waals surface area contributed by atoms with Gasteiger partial charge in [0.25, 0.3) is 5.56 Å². The van der Waals surface area contributed by atoms with Crippen LogP contribution in [-0.4, -0.2) is 16.7 Å². The minimum Gasteiger partial charge on any atom is -0.497 e. The maximum Gasteiger partial charge on any atom is 0.416 e. The molecule has 0 aliphatic carbocycles. The SMILES string of the molecule is COc1cccc(-c2c(C)n(Cc3ccccc3C(F)(F)F)c(=O)[nH]c2=O)c1. The second-order valence-corrected chi connectivity index (χ2v) is 6.19. The van der Waals surface area contributed by atoms with Gasteiger partial charge in [0.2, 0.25) is 0 Å². The summed E-state index contributed by atoms with van der Waals surface area (Å²) >= 11 is 0. The van der Waals surface area contributed by atoms with Crippen molar-refractivity contribution in [3.8, 4) is 16.9 Å². The number of alkyl halides is 3. The van der Waals surface area contributed by atoms with Crippen LogP contribution in [0.1, 0.15) is 16.8 Å². The van der Waals surface area contributed by atoms with Gasteiger partial charge >= 0.3 is 11.9 Å². The zero-order valence-corrected chi connectivity index (χ0v) is 15.1. The van der Waals surface area contributed by atoms with Crippen molar-refractivity contribution < 1.29 is 17.9 Å². The van der Waals surface area contributed by atoms with Crippen LogP contribution in [-0.2, 0) is 12.7 Å². The van der Waals surface area contributed by atoms with Crippen LogP contribution in [0.3, 0.4) is 0 Å². The van der Waals surface area contributed by atoms with Gasteiger partial charge in [-0.2, -0.15) is 13.2 Å². The maximum absolute atomic E-state index is 13.3. The fourth-order valence-electron chi connectivity index (χ4n) is 3.09. The zero-order chi connectivity index (χ0) is 20.5. The molecule has 1 N–H and O–H groups in total. The van der Waals surface area contributed by atoms with Crippen LogP contribution in [0, 0.1) is 6.92 Å². The summed E-state index contributed by atoms with van der Waals surface area (Å²) in [4.78, 5) is 26.9. The largest absolute Gasteiger partial charge is 0.497 e. The Hall–Kier alpha value is -3.29. The molecule has 146 valence electrons. The van der Waals surface area contributed by atoms with Crippen LogP contribution in [0.15, 0.2) is 58.1 Å². The van der Waals surface area contributed by atoms with Crippen molar-refractivity contribution in [3.05, 3.63) is 86.2 Å². The summed E-state index contributed by atoms with van der Waals surface area (Å²) in [5.41, 5.74) is -1.32. The Morgan fingerprint density at radius 3 is 2.46 bits per heavy atom. The van der Waals surface area contributed by atoms with Crippen LogP contribution in [0.4, 0.5) is 13.2 Å². The maximum atomic E-state index is 13.3. The highest BCUT2D eigenvalue weighted by molar-refractivity contribution is 5.66. The zero-order valence-electron chi connectivity index (χ0n) is 15.1. The van der Waals surface area contributed by atoms with Crippen molar-refractivity contribution in [2.45, 2.75) is 19.6 Å². The van der Waals surface area contributed by atoms with Gasteiger partial charge in [0.05, 0.1) is 24.8 Å². The van der Waals surface area contributed by atoms with E-state index in [0.717, 1.165) is 10.6 Å². The molecule has 0 saturated heterocycles. The minimum atomic E-state index is -4.55. The number of aromatic nitrogens is 2. The first-order chi connectivity index (χ1) is 13.2. The molecule has 5 nitrogen and oxygen atoms in total. The summed E-state index contributed by atoms with van der Waals surface area (Å²) in [5.74, 6) is 0.511. The van der Waals surface area contributed by atoms with Crippen LogP contribution >= 0.6 is 0 Å². The molecule has 0 unspecified atom stereocenters. The molecule has 28 heavy (non-hydrogen) atoms. The summed E-state index contributed by atoms with van der Waals surface area (Å²) in [5, 5.41) is 0. The van der Waals surface area contributed by atoms with Crippen LogP contribution in [0.25, 0.3) is 11.1 Å². The quantitative estimate of drug-likeness (QED) is 0.741. The number of aromatic amines is 1. The monoisotopic (exact) mass is 390 g/mol. The molecule has 3 aromatic rings.